The van der Waals surface area contributed by atoms with Crippen molar-refractivity contribution in [2.24, 2.45) is 0 Å². The van der Waals surface area contributed by atoms with Crippen molar-refractivity contribution in [1.82, 2.24) is 15.0 Å². The number of rotatable bonds is 7. The fraction of sp³-hybridized carbons (Fsp3) is 0.176. The molecule has 30 heavy (non-hydrogen) atoms. The van der Waals surface area contributed by atoms with Crippen LogP contribution >= 0.6 is 7.82 Å². The first-order valence-corrected chi connectivity index (χ1v) is 9.46. The quantitative estimate of drug-likeness (QED) is 0.278. The number of benzene rings is 2. The van der Waals surface area contributed by atoms with E-state index in [-0.39, 0.29) is 67.7 Å². The van der Waals surface area contributed by atoms with E-state index in [1.165, 1.54) is 33.5 Å². The number of methoxy groups -OCH3 is 3. The first-order chi connectivity index (χ1) is 13.4. The van der Waals surface area contributed by atoms with E-state index in [2.05, 4.69) is 14.8 Å². The topological polar surface area (TPSA) is 125 Å². The van der Waals surface area contributed by atoms with E-state index in [0.717, 1.165) is 0 Å². The number of hydrogen-bond donors (Lipinski definition) is 2. The van der Waals surface area contributed by atoms with Gasteiger partial charge in [-0.15, -0.1) is 5.10 Å². The number of nitrogens with zero attached hydrogens (tertiary/aromatic N) is 3. The summed E-state index contributed by atoms with van der Waals surface area (Å²) in [4.78, 5) is 17.8. The summed E-state index contributed by atoms with van der Waals surface area (Å²) in [5, 5.41) is 8.06. The second-order valence-corrected chi connectivity index (χ2v) is 6.68. The molecule has 3 aromatic rings. The van der Waals surface area contributed by atoms with Gasteiger partial charge in [0.15, 0.2) is 11.5 Å². The van der Waals surface area contributed by atoms with Crippen molar-refractivity contribution in [3.8, 4) is 39.9 Å². The molecule has 3 rings (SSSR count). The normalized spacial score (nSPS) is 10.4. The van der Waals surface area contributed by atoms with Crippen LogP contribution in [-0.2, 0) is 4.57 Å². The molecule has 2 aromatic carbocycles. The van der Waals surface area contributed by atoms with Gasteiger partial charge in [-0.2, -0.15) is 0 Å². The van der Waals surface area contributed by atoms with Gasteiger partial charge in [-0.25, -0.2) is 9.25 Å². The molecule has 0 aliphatic rings. The second kappa shape index (κ2) is 11.5. The molecule has 10 nitrogen and oxygen atoms in total. The van der Waals surface area contributed by atoms with Gasteiger partial charge in [-0.1, -0.05) is 5.21 Å². The Labute approximate surface area is 220 Å². The number of aromatic nitrogens is 3. The SMILES string of the molecule is COc1cc(-n2nncc2-c2ccc(OP(=O)(O)O)cc2)cc(OC)c1OC.[H-].[H-].[Na+].[Na+]. The Hall–Kier alpha value is -1.07. The van der Waals surface area contributed by atoms with Crippen molar-refractivity contribution in [2.75, 3.05) is 21.3 Å². The van der Waals surface area contributed by atoms with Crippen LogP contribution in [-0.4, -0.2) is 46.1 Å². The smallest absolute Gasteiger partial charge is 1.00 e. The molecule has 0 aliphatic heterocycles. The molecule has 13 heteroatoms. The number of hydrogen-bond acceptors (Lipinski definition) is 7. The minimum Gasteiger partial charge on any atom is -1.00 e. The Morgan fingerprint density at radius 2 is 1.53 bits per heavy atom. The summed E-state index contributed by atoms with van der Waals surface area (Å²) in [5.41, 5.74) is 1.96. The van der Waals surface area contributed by atoms with Gasteiger partial charge in [0.2, 0.25) is 5.75 Å². The third-order valence-electron chi connectivity index (χ3n) is 3.82. The Kier molecular flexibility index (Phi) is 10.4. The third kappa shape index (κ3) is 6.23. The molecule has 0 fully saturated rings. The van der Waals surface area contributed by atoms with Gasteiger partial charge in [0.25, 0.3) is 0 Å². The van der Waals surface area contributed by atoms with Gasteiger partial charge < -0.3 is 21.6 Å². The van der Waals surface area contributed by atoms with E-state index >= 15 is 0 Å². The summed E-state index contributed by atoms with van der Waals surface area (Å²) in [6.45, 7) is 0. The maximum Gasteiger partial charge on any atom is 1.00 e. The molecule has 1 heterocycles. The molecule has 0 radical (unpaired) electrons. The van der Waals surface area contributed by atoms with Crippen LogP contribution in [0.3, 0.4) is 0 Å². The molecular formula is C17H20N3Na2O7P. The maximum absolute atomic E-state index is 10.9. The summed E-state index contributed by atoms with van der Waals surface area (Å²) in [6.07, 6.45) is 1.56. The summed E-state index contributed by atoms with van der Waals surface area (Å²) < 4.78 is 33.1. The minimum absolute atomic E-state index is 0. The van der Waals surface area contributed by atoms with E-state index in [0.29, 0.717) is 34.2 Å². The van der Waals surface area contributed by atoms with Gasteiger partial charge in [-0.3, -0.25) is 9.79 Å². The Morgan fingerprint density at radius 3 is 2.00 bits per heavy atom. The summed E-state index contributed by atoms with van der Waals surface area (Å²) in [5.74, 6) is 1.42. The van der Waals surface area contributed by atoms with E-state index in [1.807, 2.05) is 0 Å². The van der Waals surface area contributed by atoms with Crippen LogP contribution < -0.4 is 77.8 Å². The molecule has 0 unspecified atom stereocenters. The Morgan fingerprint density at radius 1 is 0.967 bits per heavy atom. The molecule has 0 atom stereocenters. The van der Waals surface area contributed by atoms with E-state index in [4.69, 9.17) is 24.0 Å². The zero-order chi connectivity index (χ0) is 20.3. The monoisotopic (exact) mass is 455 g/mol. The number of phosphoric acid groups is 1. The number of phosphoric ester groups is 1. The van der Waals surface area contributed by atoms with Crippen molar-refractivity contribution in [3.63, 3.8) is 0 Å². The molecule has 152 valence electrons. The van der Waals surface area contributed by atoms with Crippen LogP contribution in [0, 0.1) is 0 Å². The Balaban J connectivity index is 0. The van der Waals surface area contributed by atoms with Crippen molar-refractivity contribution >= 4 is 7.82 Å². The van der Waals surface area contributed by atoms with E-state index in [9.17, 15) is 4.57 Å². The summed E-state index contributed by atoms with van der Waals surface area (Å²) >= 11 is 0. The first kappa shape index (κ1) is 27.0. The van der Waals surface area contributed by atoms with Crippen molar-refractivity contribution in [1.29, 1.82) is 0 Å². The van der Waals surface area contributed by atoms with Gasteiger partial charge in [-0.05, 0) is 24.3 Å². The van der Waals surface area contributed by atoms with Crippen molar-refractivity contribution < 1.29 is 95.1 Å². The van der Waals surface area contributed by atoms with Crippen LogP contribution in [0.2, 0.25) is 0 Å². The van der Waals surface area contributed by atoms with E-state index < -0.39 is 7.82 Å². The molecular weight excluding hydrogens is 435 g/mol. The van der Waals surface area contributed by atoms with Gasteiger partial charge >= 0.3 is 66.9 Å². The van der Waals surface area contributed by atoms with Gasteiger partial charge in [0.1, 0.15) is 5.75 Å². The fourth-order valence-electron chi connectivity index (χ4n) is 2.64. The predicted molar refractivity (Wildman–Crippen MR) is 101 cm³/mol. The number of ether oxygens (including phenoxy) is 3. The minimum atomic E-state index is -4.62. The average Bonchev–Trinajstić information content (AvgIpc) is 3.15. The van der Waals surface area contributed by atoms with Crippen LogP contribution in [0.4, 0.5) is 0 Å². The molecule has 0 saturated heterocycles. The summed E-state index contributed by atoms with van der Waals surface area (Å²) in [6, 6.07) is 9.62. The zero-order valence-electron chi connectivity index (χ0n) is 19.3. The molecule has 1 aromatic heterocycles. The second-order valence-electron chi connectivity index (χ2n) is 5.52. The predicted octanol–water partition coefficient (Wildman–Crippen LogP) is -3.34. The van der Waals surface area contributed by atoms with Crippen LogP contribution in [0.5, 0.6) is 23.0 Å². The largest absolute Gasteiger partial charge is 1.00 e. The van der Waals surface area contributed by atoms with Crippen LogP contribution in [0.1, 0.15) is 2.85 Å². The zero-order valence-corrected chi connectivity index (χ0v) is 22.2. The van der Waals surface area contributed by atoms with Crippen LogP contribution in [0.15, 0.2) is 42.6 Å². The van der Waals surface area contributed by atoms with Crippen molar-refractivity contribution in [3.05, 3.63) is 42.6 Å². The Bertz CT molecular complexity index is 1010. The first-order valence-electron chi connectivity index (χ1n) is 7.93. The third-order valence-corrected chi connectivity index (χ3v) is 4.27. The van der Waals surface area contributed by atoms with Gasteiger partial charge in [0.05, 0.1) is 38.9 Å². The van der Waals surface area contributed by atoms with Gasteiger partial charge in [0, 0.05) is 17.7 Å². The average molecular weight is 455 g/mol. The summed E-state index contributed by atoms with van der Waals surface area (Å²) in [7, 11) is -0.0658. The maximum atomic E-state index is 10.9. The molecule has 0 aliphatic carbocycles. The van der Waals surface area contributed by atoms with Crippen LogP contribution in [0.25, 0.3) is 16.9 Å². The molecule has 0 amide bonds. The van der Waals surface area contributed by atoms with Crippen molar-refractivity contribution in [2.45, 2.75) is 0 Å². The standard InChI is InChI=1S/C17H18N3O7P.2Na.2H/c1-24-15-8-12(9-16(25-2)17(15)26-3)20-14(10-18-19-20)11-4-6-13(7-5-11)27-28(21,22)23;;;;/h4-10H,1-3H3,(H2,21,22,23);;;;/q;2*+1;2*-1. The molecule has 0 spiro atoms. The molecule has 2 N–H and O–H groups in total. The molecule has 0 bridgehead atoms. The molecule has 0 saturated carbocycles. The fourth-order valence-corrected chi connectivity index (χ4v) is 3.03. The van der Waals surface area contributed by atoms with E-state index in [1.54, 1.807) is 35.1 Å².